The Bertz CT molecular complexity index is 1220. The number of nitro benzene ring substituents is 1. The van der Waals surface area contributed by atoms with Crippen molar-refractivity contribution in [2.75, 3.05) is 0 Å². The van der Waals surface area contributed by atoms with E-state index < -0.39 is 4.92 Å². The predicted octanol–water partition coefficient (Wildman–Crippen LogP) is 4.73. The van der Waals surface area contributed by atoms with Crippen LogP contribution in [0.5, 0.6) is 0 Å². The van der Waals surface area contributed by atoms with Crippen molar-refractivity contribution in [3.8, 4) is 11.1 Å². The van der Waals surface area contributed by atoms with E-state index in [0.717, 1.165) is 5.56 Å². The summed E-state index contributed by atoms with van der Waals surface area (Å²) in [5.41, 5.74) is 2.00. The summed E-state index contributed by atoms with van der Waals surface area (Å²) in [7, 11) is 0. The van der Waals surface area contributed by atoms with Gasteiger partial charge < -0.3 is 0 Å². The van der Waals surface area contributed by atoms with Gasteiger partial charge in [0.1, 0.15) is 4.83 Å². The van der Waals surface area contributed by atoms with E-state index in [1.807, 2.05) is 17.5 Å². The van der Waals surface area contributed by atoms with Crippen molar-refractivity contribution in [1.82, 2.24) is 9.55 Å². The molecule has 4 rings (SSSR count). The lowest BCUT2D eigenvalue weighted by molar-refractivity contribution is -0.384. The van der Waals surface area contributed by atoms with E-state index in [9.17, 15) is 14.9 Å². The average molecular weight is 398 g/mol. The quantitative estimate of drug-likeness (QED) is 0.368. The van der Waals surface area contributed by atoms with E-state index in [1.54, 1.807) is 24.3 Å². The predicted molar refractivity (Wildman–Crippen MR) is 107 cm³/mol. The molecule has 8 heteroatoms. The number of halogens is 1. The summed E-state index contributed by atoms with van der Waals surface area (Å²) in [5.74, 6) is 0. The van der Waals surface area contributed by atoms with Crippen LogP contribution in [0.15, 0.2) is 65.0 Å². The normalized spacial score (nSPS) is 11.0. The first-order chi connectivity index (χ1) is 13.0. The van der Waals surface area contributed by atoms with Gasteiger partial charge in [-0.15, -0.1) is 11.3 Å². The van der Waals surface area contributed by atoms with Gasteiger partial charge in [-0.25, -0.2) is 4.98 Å². The minimum Gasteiger partial charge on any atom is -0.294 e. The third-order valence-electron chi connectivity index (χ3n) is 4.19. The fraction of sp³-hybridized carbons (Fsp3) is 0.0526. The van der Waals surface area contributed by atoms with E-state index in [0.29, 0.717) is 32.9 Å². The van der Waals surface area contributed by atoms with Gasteiger partial charge >= 0.3 is 0 Å². The van der Waals surface area contributed by atoms with Crippen LogP contribution in [0.25, 0.3) is 21.3 Å². The first-order valence-electron chi connectivity index (χ1n) is 7.99. The number of nitrogens with zero attached hydrogens (tertiary/aromatic N) is 3. The van der Waals surface area contributed by atoms with Crippen LogP contribution in [-0.2, 0) is 6.54 Å². The van der Waals surface area contributed by atoms with Gasteiger partial charge in [0.15, 0.2) is 0 Å². The molecule has 0 saturated carbocycles. The molecular weight excluding hydrogens is 386 g/mol. The maximum absolute atomic E-state index is 13.0. The van der Waals surface area contributed by atoms with Gasteiger partial charge in [0.25, 0.3) is 11.2 Å². The van der Waals surface area contributed by atoms with Gasteiger partial charge in [0.2, 0.25) is 0 Å². The van der Waals surface area contributed by atoms with Crippen molar-refractivity contribution in [3.05, 3.63) is 91.3 Å². The molecule has 0 atom stereocenters. The fourth-order valence-electron chi connectivity index (χ4n) is 2.87. The summed E-state index contributed by atoms with van der Waals surface area (Å²) in [6, 6.07) is 13.5. The molecule has 0 saturated heterocycles. The minimum atomic E-state index is -0.449. The van der Waals surface area contributed by atoms with Crippen LogP contribution in [-0.4, -0.2) is 14.5 Å². The third-order valence-corrected chi connectivity index (χ3v) is 5.33. The summed E-state index contributed by atoms with van der Waals surface area (Å²) < 4.78 is 1.53. The van der Waals surface area contributed by atoms with Crippen molar-refractivity contribution in [3.63, 3.8) is 0 Å². The molecule has 4 aromatic rings. The molecule has 2 aromatic carbocycles. The first kappa shape index (κ1) is 17.4. The second kappa shape index (κ2) is 6.94. The number of hydrogen-bond acceptors (Lipinski definition) is 5. The zero-order valence-electron chi connectivity index (χ0n) is 13.8. The molecule has 134 valence electrons. The highest BCUT2D eigenvalue weighted by molar-refractivity contribution is 7.17. The van der Waals surface area contributed by atoms with E-state index in [1.165, 1.54) is 34.4 Å². The Balaban J connectivity index is 1.82. The lowest BCUT2D eigenvalue weighted by Crippen LogP contribution is -2.20. The van der Waals surface area contributed by atoms with Gasteiger partial charge in [0.05, 0.1) is 23.2 Å². The number of nitro groups is 1. The molecule has 0 spiro atoms. The van der Waals surface area contributed by atoms with Crippen LogP contribution in [0.4, 0.5) is 5.69 Å². The molecule has 6 nitrogen and oxygen atoms in total. The van der Waals surface area contributed by atoms with Crippen molar-refractivity contribution < 1.29 is 4.92 Å². The zero-order chi connectivity index (χ0) is 19.0. The van der Waals surface area contributed by atoms with E-state index in [-0.39, 0.29) is 11.2 Å². The zero-order valence-corrected chi connectivity index (χ0v) is 15.4. The Kier molecular flexibility index (Phi) is 4.47. The summed E-state index contributed by atoms with van der Waals surface area (Å²) in [6.45, 7) is 0.364. The minimum absolute atomic E-state index is 0.0165. The molecule has 0 aliphatic carbocycles. The maximum Gasteiger partial charge on any atom is 0.270 e. The van der Waals surface area contributed by atoms with Crippen LogP contribution < -0.4 is 5.56 Å². The lowest BCUT2D eigenvalue weighted by Gasteiger charge is -2.07. The molecule has 0 unspecified atom stereocenters. The number of thiophene rings is 1. The standard InChI is InChI=1S/C19H12ClN3O3S/c20-14-6-4-12(5-7-14)9-22-11-21-18-17(19(22)24)16(10-27-18)13-2-1-3-15(8-13)23(25)26/h1-8,10-11H,9H2. The van der Waals surface area contributed by atoms with Crippen molar-refractivity contribution >= 4 is 38.8 Å². The Labute approximate surface area is 162 Å². The van der Waals surface area contributed by atoms with Crippen LogP contribution in [0.3, 0.4) is 0 Å². The van der Waals surface area contributed by atoms with Crippen LogP contribution >= 0.6 is 22.9 Å². The number of rotatable bonds is 4. The summed E-state index contributed by atoms with van der Waals surface area (Å²) in [5, 5.41) is 14.0. The molecule has 0 amide bonds. The first-order valence-corrected chi connectivity index (χ1v) is 9.24. The van der Waals surface area contributed by atoms with Crippen molar-refractivity contribution in [2.24, 2.45) is 0 Å². The van der Waals surface area contributed by atoms with Crippen LogP contribution in [0.2, 0.25) is 5.02 Å². The highest BCUT2D eigenvalue weighted by Crippen LogP contribution is 2.32. The van der Waals surface area contributed by atoms with Crippen LogP contribution in [0.1, 0.15) is 5.56 Å². The Hall–Kier alpha value is -3.03. The summed E-state index contributed by atoms with van der Waals surface area (Å²) in [4.78, 5) is 28.6. The van der Waals surface area contributed by atoms with Gasteiger partial charge in [-0.3, -0.25) is 19.5 Å². The molecule has 0 radical (unpaired) electrons. The van der Waals surface area contributed by atoms with E-state index in [2.05, 4.69) is 4.98 Å². The van der Waals surface area contributed by atoms with Gasteiger partial charge in [-0.2, -0.15) is 0 Å². The number of aromatic nitrogens is 2. The molecule has 27 heavy (non-hydrogen) atoms. The number of benzene rings is 2. The molecule has 0 fully saturated rings. The Morgan fingerprint density at radius 2 is 1.96 bits per heavy atom. The largest absolute Gasteiger partial charge is 0.294 e. The monoisotopic (exact) mass is 397 g/mol. The van der Waals surface area contributed by atoms with Gasteiger partial charge in [-0.1, -0.05) is 35.9 Å². The SMILES string of the molecule is O=c1c2c(-c3cccc([N+](=O)[O-])c3)csc2ncn1Cc1ccc(Cl)cc1. The average Bonchev–Trinajstić information content (AvgIpc) is 3.11. The lowest BCUT2D eigenvalue weighted by atomic mass is 10.1. The second-order valence-electron chi connectivity index (χ2n) is 5.94. The highest BCUT2D eigenvalue weighted by Gasteiger charge is 2.15. The summed E-state index contributed by atoms with van der Waals surface area (Å²) in [6.07, 6.45) is 1.52. The van der Waals surface area contributed by atoms with E-state index >= 15 is 0 Å². The maximum atomic E-state index is 13.0. The van der Waals surface area contributed by atoms with Gasteiger partial charge in [-0.05, 0) is 23.3 Å². The molecule has 0 bridgehead atoms. The third kappa shape index (κ3) is 3.34. The molecular formula is C19H12ClN3O3S. The van der Waals surface area contributed by atoms with Crippen molar-refractivity contribution in [2.45, 2.75) is 6.54 Å². The van der Waals surface area contributed by atoms with E-state index in [4.69, 9.17) is 11.6 Å². The number of non-ortho nitro benzene ring substituents is 1. The fourth-order valence-corrected chi connectivity index (χ4v) is 3.90. The topological polar surface area (TPSA) is 78.0 Å². The smallest absolute Gasteiger partial charge is 0.270 e. The molecule has 2 heterocycles. The summed E-state index contributed by atoms with van der Waals surface area (Å²) >= 11 is 7.25. The van der Waals surface area contributed by atoms with Crippen molar-refractivity contribution in [1.29, 1.82) is 0 Å². The van der Waals surface area contributed by atoms with Gasteiger partial charge in [0, 0.05) is 28.1 Å². The molecule has 2 aromatic heterocycles. The number of fused-ring (bicyclic) bond motifs is 1. The Morgan fingerprint density at radius 1 is 1.19 bits per heavy atom. The molecule has 0 aliphatic heterocycles. The molecule has 0 aliphatic rings. The second-order valence-corrected chi connectivity index (χ2v) is 7.24. The Morgan fingerprint density at radius 3 is 2.70 bits per heavy atom. The van der Waals surface area contributed by atoms with Crippen LogP contribution in [0, 0.1) is 10.1 Å². The number of hydrogen-bond donors (Lipinski definition) is 0. The highest BCUT2D eigenvalue weighted by atomic mass is 35.5. The molecule has 0 N–H and O–H groups in total.